The summed E-state index contributed by atoms with van der Waals surface area (Å²) >= 11 is 12.1. The minimum Gasteiger partial charge on any atom is -0.295 e. The zero-order valence-electron chi connectivity index (χ0n) is 8.09. The van der Waals surface area contributed by atoms with Gasteiger partial charge < -0.3 is 0 Å². The molecule has 1 aliphatic rings. The van der Waals surface area contributed by atoms with E-state index in [1.165, 1.54) is 0 Å². The summed E-state index contributed by atoms with van der Waals surface area (Å²) in [6.45, 7) is 0. The Hall–Kier alpha value is -0.790. The third kappa shape index (κ3) is 2.24. The zero-order chi connectivity index (χ0) is 10.8. The molecule has 1 nitrogen and oxygen atoms in total. The fourth-order valence-corrected chi connectivity index (χ4v) is 2.43. The van der Waals surface area contributed by atoms with Crippen molar-refractivity contribution in [2.45, 2.75) is 19.3 Å². The van der Waals surface area contributed by atoms with E-state index in [9.17, 15) is 4.79 Å². The van der Waals surface area contributed by atoms with Crippen LogP contribution in [0.15, 0.2) is 24.3 Å². The Morgan fingerprint density at radius 1 is 1.07 bits per heavy atom. The summed E-state index contributed by atoms with van der Waals surface area (Å²) in [5.41, 5.74) is 1.77. The van der Waals surface area contributed by atoms with Crippen molar-refractivity contribution >= 4 is 34.6 Å². The van der Waals surface area contributed by atoms with Crippen molar-refractivity contribution in [1.82, 2.24) is 0 Å². The molecule has 3 heteroatoms. The maximum absolute atomic E-state index is 11.3. The summed E-state index contributed by atoms with van der Waals surface area (Å²) in [7, 11) is 0. The monoisotopic (exact) mass is 240 g/mol. The average Bonchev–Trinajstić information content (AvgIpc) is 2.17. The molecule has 0 fully saturated rings. The molecule has 0 aliphatic heterocycles. The van der Waals surface area contributed by atoms with Gasteiger partial charge in [0.2, 0.25) is 0 Å². The first-order valence-corrected chi connectivity index (χ1v) is 5.62. The van der Waals surface area contributed by atoms with E-state index in [4.69, 9.17) is 23.2 Å². The van der Waals surface area contributed by atoms with Crippen LogP contribution >= 0.6 is 23.2 Å². The minimum absolute atomic E-state index is 0.159. The standard InChI is InChI=1S/C12H10Cl2O/c13-10-5-2-6-11(14)12(10)8-3-1-4-9(15)7-8/h2,5-7H,1,3-4H2. The summed E-state index contributed by atoms with van der Waals surface area (Å²) in [4.78, 5) is 11.3. The SMILES string of the molecule is O=C1C=C(c2c(Cl)cccc2Cl)CCC1. The topological polar surface area (TPSA) is 17.1 Å². The third-order valence-corrected chi connectivity index (χ3v) is 3.12. The van der Waals surface area contributed by atoms with E-state index >= 15 is 0 Å². The maximum atomic E-state index is 11.3. The van der Waals surface area contributed by atoms with Crippen molar-refractivity contribution in [2.24, 2.45) is 0 Å². The van der Waals surface area contributed by atoms with Crippen molar-refractivity contribution in [3.05, 3.63) is 39.9 Å². The molecule has 1 aliphatic carbocycles. The van der Waals surface area contributed by atoms with Crippen LogP contribution < -0.4 is 0 Å². The van der Waals surface area contributed by atoms with Gasteiger partial charge in [0.1, 0.15) is 0 Å². The van der Waals surface area contributed by atoms with Gasteiger partial charge in [0.15, 0.2) is 5.78 Å². The average molecular weight is 241 g/mol. The van der Waals surface area contributed by atoms with Crippen LogP contribution in [0.1, 0.15) is 24.8 Å². The predicted molar refractivity (Wildman–Crippen MR) is 63.3 cm³/mol. The van der Waals surface area contributed by atoms with Gasteiger partial charge in [-0.25, -0.2) is 0 Å². The second-order valence-electron chi connectivity index (χ2n) is 3.59. The van der Waals surface area contributed by atoms with Gasteiger partial charge in [-0.05, 0) is 36.6 Å². The molecular weight excluding hydrogens is 231 g/mol. The first kappa shape index (κ1) is 10.7. The number of carbonyl (C=O) groups is 1. The van der Waals surface area contributed by atoms with Crippen LogP contribution in [0.4, 0.5) is 0 Å². The lowest BCUT2D eigenvalue weighted by atomic mass is 9.93. The van der Waals surface area contributed by atoms with Gasteiger partial charge in [0.25, 0.3) is 0 Å². The Labute approximate surface area is 98.7 Å². The van der Waals surface area contributed by atoms with Crippen molar-refractivity contribution in [3.8, 4) is 0 Å². The molecule has 0 bridgehead atoms. The van der Waals surface area contributed by atoms with Gasteiger partial charge in [-0.15, -0.1) is 0 Å². The van der Waals surface area contributed by atoms with Crippen LogP contribution in [0.3, 0.4) is 0 Å². The molecule has 0 N–H and O–H groups in total. The quantitative estimate of drug-likeness (QED) is 0.722. The lowest BCUT2D eigenvalue weighted by Gasteiger charge is -2.14. The normalized spacial score (nSPS) is 16.4. The Morgan fingerprint density at radius 3 is 2.33 bits per heavy atom. The van der Waals surface area contributed by atoms with Crippen molar-refractivity contribution in [3.63, 3.8) is 0 Å². The van der Waals surface area contributed by atoms with Crippen LogP contribution in [-0.4, -0.2) is 5.78 Å². The molecule has 0 spiro atoms. The number of hydrogen-bond acceptors (Lipinski definition) is 1. The Kier molecular flexibility index (Phi) is 3.13. The molecule has 15 heavy (non-hydrogen) atoms. The van der Waals surface area contributed by atoms with Crippen molar-refractivity contribution in [1.29, 1.82) is 0 Å². The second-order valence-corrected chi connectivity index (χ2v) is 4.40. The van der Waals surface area contributed by atoms with E-state index in [0.29, 0.717) is 16.5 Å². The van der Waals surface area contributed by atoms with Crippen LogP contribution in [0.5, 0.6) is 0 Å². The van der Waals surface area contributed by atoms with Crippen LogP contribution in [0.2, 0.25) is 10.0 Å². The third-order valence-electron chi connectivity index (χ3n) is 2.49. The summed E-state index contributed by atoms with van der Waals surface area (Å²) in [6, 6.07) is 5.39. The maximum Gasteiger partial charge on any atom is 0.155 e. The number of benzene rings is 1. The van der Waals surface area contributed by atoms with Gasteiger partial charge >= 0.3 is 0 Å². The molecule has 0 heterocycles. The van der Waals surface area contributed by atoms with Crippen LogP contribution in [-0.2, 0) is 4.79 Å². The molecule has 0 unspecified atom stereocenters. The fourth-order valence-electron chi connectivity index (χ4n) is 1.79. The Balaban J connectivity index is 2.49. The van der Waals surface area contributed by atoms with Gasteiger partial charge in [-0.1, -0.05) is 29.3 Å². The van der Waals surface area contributed by atoms with Gasteiger partial charge in [-0.3, -0.25) is 4.79 Å². The Morgan fingerprint density at radius 2 is 1.73 bits per heavy atom. The highest BCUT2D eigenvalue weighted by Crippen LogP contribution is 2.35. The zero-order valence-corrected chi connectivity index (χ0v) is 9.61. The van der Waals surface area contributed by atoms with Crippen molar-refractivity contribution < 1.29 is 4.79 Å². The number of rotatable bonds is 1. The smallest absolute Gasteiger partial charge is 0.155 e. The highest BCUT2D eigenvalue weighted by molar-refractivity contribution is 6.37. The number of halogens is 2. The van der Waals surface area contributed by atoms with Gasteiger partial charge in [-0.2, -0.15) is 0 Å². The molecule has 0 aromatic heterocycles. The van der Waals surface area contributed by atoms with Gasteiger partial charge in [0, 0.05) is 22.0 Å². The van der Waals surface area contributed by atoms with Crippen molar-refractivity contribution in [2.75, 3.05) is 0 Å². The molecule has 0 saturated heterocycles. The molecule has 2 rings (SSSR count). The lowest BCUT2D eigenvalue weighted by Crippen LogP contribution is -2.02. The first-order chi connectivity index (χ1) is 7.18. The summed E-state index contributed by atoms with van der Waals surface area (Å²) in [6.07, 6.45) is 4.05. The predicted octanol–water partition coefficient (Wildman–Crippen LogP) is 4.13. The molecular formula is C12H10Cl2O. The van der Waals surface area contributed by atoms with E-state index in [1.807, 2.05) is 0 Å². The Bertz CT molecular complexity index is 415. The molecule has 1 aromatic carbocycles. The molecule has 0 saturated carbocycles. The van der Waals surface area contributed by atoms with Gasteiger partial charge in [0.05, 0.1) is 0 Å². The first-order valence-electron chi connectivity index (χ1n) is 4.86. The molecule has 78 valence electrons. The number of allylic oxidation sites excluding steroid dienone is 2. The second kappa shape index (κ2) is 4.38. The molecule has 0 amide bonds. The van der Waals surface area contributed by atoms with Crippen LogP contribution in [0.25, 0.3) is 5.57 Å². The lowest BCUT2D eigenvalue weighted by molar-refractivity contribution is -0.114. The summed E-state index contributed by atoms with van der Waals surface area (Å²) in [5.74, 6) is 0.159. The van der Waals surface area contributed by atoms with E-state index in [-0.39, 0.29) is 5.78 Å². The van der Waals surface area contributed by atoms with E-state index in [2.05, 4.69) is 0 Å². The highest BCUT2D eigenvalue weighted by Gasteiger charge is 2.16. The number of carbonyl (C=O) groups excluding carboxylic acids is 1. The molecule has 0 atom stereocenters. The van der Waals surface area contributed by atoms with E-state index < -0.39 is 0 Å². The number of hydrogen-bond donors (Lipinski definition) is 0. The molecule has 1 aromatic rings. The molecule has 0 radical (unpaired) electrons. The van der Waals surface area contributed by atoms with E-state index in [1.54, 1.807) is 24.3 Å². The number of ketones is 1. The highest BCUT2D eigenvalue weighted by atomic mass is 35.5. The van der Waals surface area contributed by atoms with E-state index in [0.717, 1.165) is 24.0 Å². The van der Waals surface area contributed by atoms with Crippen LogP contribution in [0, 0.1) is 0 Å². The summed E-state index contributed by atoms with van der Waals surface area (Å²) < 4.78 is 0. The minimum atomic E-state index is 0.159. The summed E-state index contributed by atoms with van der Waals surface area (Å²) in [5, 5.41) is 1.23. The fraction of sp³-hybridized carbons (Fsp3) is 0.250. The largest absolute Gasteiger partial charge is 0.295 e.